The second-order valence-corrected chi connectivity index (χ2v) is 23.9. The number of hydrogen-bond donors (Lipinski definition) is 0. The SMILES string of the molecule is CCCC(N1CCOC(C2CN(c3ccccc3)P(=O)(C(c3ccccc3)N3CCN(C4CCCCC4)CC3)N2c2ccccc2)C1)P1(=O)N(c2ccccc2)CCN1c1ccccc1. The smallest absolute Gasteiger partial charge is 0.284 e. The summed E-state index contributed by atoms with van der Waals surface area (Å²) >= 11 is 0. The van der Waals surface area contributed by atoms with Crippen molar-refractivity contribution >= 4 is 37.6 Å². The first-order chi connectivity index (χ1) is 32.0. The Labute approximate surface area is 387 Å². The zero-order valence-corrected chi connectivity index (χ0v) is 39.9. The van der Waals surface area contributed by atoms with Crippen molar-refractivity contribution in [3.8, 4) is 0 Å². The van der Waals surface area contributed by atoms with Crippen LogP contribution in [0.4, 0.5) is 22.7 Å². The molecule has 4 saturated heterocycles. The normalized spacial score (nSPS) is 25.8. The molecule has 0 spiro atoms. The predicted octanol–water partition coefficient (Wildman–Crippen LogP) is 11.3. The van der Waals surface area contributed by atoms with Gasteiger partial charge < -0.3 is 18.7 Å². The van der Waals surface area contributed by atoms with Crippen LogP contribution in [0, 0.1) is 0 Å². The summed E-state index contributed by atoms with van der Waals surface area (Å²) < 4.78 is 50.2. The molecule has 5 aliphatic rings. The van der Waals surface area contributed by atoms with Crippen molar-refractivity contribution in [2.45, 2.75) is 81.6 Å². The Morgan fingerprint density at radius 3 is 1.58 bits per heavy atom. The van der Waals surface area contributed by atoms with Gasteiger partial charge in [-0.1, -0.05) is 136 Å². The van der Waals surface area contributed by atoms with Gasteiger partial charge >= 0.3 is 0 Å². The zero-order valence-electron chi connectivity index (χ0n) is 38.1. The first-order valence-corrected chi connectivity index (χ1v) is 27.8. The standard InChI is InChI=1S/C53H67N7O3P2/c1-2-21-52(64(61)57(46-26-13-5-14-27-46)38-39-58(64)47-28-15-6-16-29-47)56-40-41-63-51(43-56)50-42-59(48-30-17-7-18-31-48)65(62,60(50)49-32-19-8-20-33-49)53(44-22-9-3-10-23-44)55-36-34-54(35-37-55)45-24-11-4-12-25-45/h3,5-10,13-20,22-23,26-33,45,50-53H,2,4,11-12,21,24-25,34-43H2,1H3. The highest BCUT2D eigenvalue weighted by Crippen LogP contribution is 2.72. The minimum atomic E-state index is -3.60. The number of para-hydroxylation sites is 4. The highest BCUT2D eigenvalue weighted by molar-refractivity contribution is 7.68. The van der Waals surface area contributed by atoms with Gasteiger partial charge in [0, 0.05) is 87.7 Å². The van der Waals surface area contributed by atoms with Crippen molar-refractivity contribution in [3.63, 3.8) is 0 Å². The highest BCUT2D eigenvalue weighted by Gasteiger charge is 2.59. The van der Waals surface area contributed by atoms with Gasteiger partial charge in [0.1, 0.15) is 11.6 Å². The van der Waals surface area contributed by atoms with Crippen molar-refractivity contribution in [1.82, 2.24) is 14.7 Å². The maximum Gasteiger partial charge on any atom is 0.284 e. The largest absolute Gasteiger partial charge is 0.373 e. The van der Waals surface area contributed by atoms with Crippen molar-refractivity contribution in [1.29, 1.82) is 0 Å². The quantitative estimate of drug-likeness (QED) is 0.107. The molecule has 5 aromatic carbocycles. The molecule has 0 bridgehead atoms. The van der Waals surface area contributed by atoms with Crippen LogP contribution in [0.15, 0.2) is 152 Å². The van der Waals surface area contributed by atoms with E-state index >= 15 is 9.13 Å². The van der Waals surface area contributed by atoms with Crippen LogP contribution in [0.25, 0.3) is 0 Å². The van der Waals surface area contributed by atoms with Gasteiger partial charge in [-0.15, -0.1) is 0 Å². The van der Waals surface area contributed by atoms with Crippen LogP contribution in [0.5, 0.6) is 0 Å². The highest BCUT2D eigenvalue weighted by atomic mass is 31.2. The molecule has 65 heavy (non-hydrogen) atoms. The fourth-order valence-electron chi connectivity index (χ4n) is 11.8. The minimum Gasteiger partial charge on any atom is -0.373 e. The van der Waals surface area contributed by atoms with Crippen molar-refractivity contribution in [3.05, 3.63) is 157 Å². The van der Waals surface area contributed by atoms with Gasteiger partial charge in [0.25, 0.3) is 14.9 Å². The fraction of sp³-hybridized carbons (Fsp3) is 0.434. The molecule has 12 heteroatoms. The minimum absolute atomic E-state index is 0.247. The summed E-state index contributed by atoms with van der Waals surface area (Å²) in [5, 5.41) is 0. The second kappa shape index (κ2) is 19.8. The van der Waals surface area contributed by atoms with E-state index in [0.717, 1.165) is 67.3 Å². The lowest BCUT2D eigenvalue weighted by Crippen LogP contribution is -2.56. The Morgan fingerprint density at radius 2 is 1.05 bits per heavy atom. The lowest BCUT2D eigenvalue weighted by Gasteiger charge is -2.49. The zero-order chi connectivity index (χ0) is 44.2. The molecular formula is C53H67N7O3P2. The number of ether oxygens (including phenoxy) is 1. The Morgan fingerprint density at radius 1 is 0.538 bits per heavy atom. The van der Waals surface area contributed by atoms with Crippen molar-refractivity contribution in [2.24, 2.45) is 0 Å². The average Bonchev–Trinajstić information content (AvgIpc) is 3.89. The Hall–Kier alpha value is -4.40. The fourth-order valence-corrected chi connectivity index (χ4v) is 19.5. The topological polar surface area (TPSA) is 66.1 Å². The molecule has 10 nitrogen and oxygen atoms in total. The molecule has 5 unspecified atom stereocenters. The van der Waals surface area contributed by atoms with Gasteiger partial charge in [0.15, 0.2) is 0 Å². The first kappa shape index (κ1) is 44.4. The van der Waals surface area contributed by atoms with Gasteiger partial charge in [-0.3, -0.25) is 28.5 Å². The molecule has 0 aromatic heterocycles. The monoisotopic (exact) mass is 911 g/mol. The third-order valence-electron chi connectivity index (χ3n) is 14.8. The number of nitrogens with zero attached hydrogens (tertiary/aromatic N) is 7. The lowest BCUT2D eigenvalue weighted by atomic mass is 9.94. The summed E-state index contributed by atoms with van der Waals surface area (Å²) in [5.41, 5.74) is 4.99. The average molecular weight is 912 g/mol. The van der Waals surface area contributed by atoms with E-state index in [1.165, 1.54) is 32.1 Å². The Balaban J connectivity index is 1.05. The van der Waals surface area contributed by atoms with Crippen molar-refractivity contribution in [2.75, 3.05) is 84.2 Å². The Kier molecular flexibility index (Phi) is 13.6. The molecule has 5 atom stereocenters. The van der Waals surface area contributed by atoms with E-state index in [9.17, 15) is 0 Å². The van der Waals surface area contributed by atoms with E-state index in [2.05, 4.69) is 180 Å². The van der Waals surface area contributed by atoms with E-state index in [4.69, 9.17) is 4.74 Å². The number of rotatable bonds is 13. The van der Waals surface area contributed by atoms with Gasteiger partial charge in [-0.25, -0.2) is 0 Å². The molecule has 0 N–H and O–H groups in total. The van der Waals surface area contributed by atoms with E-state index in [0.29, 0.717) is 45.4 Å². The second-order valence-electron chi connectivity index (χ2n) is 18.6. The number of anilines is 4. The molecule has 5 fully saturated rings. The van der Waals surface area contributed by atoms with Gasteiger partial charge in [0.05, 0.1) is 18.8 Å². The van der Waals surface area contributed by atoms with Crippen LogP contribution < -0.4 is 18.7 Å². The van der Waals surface area contributed by atoms with E-state index in [1.807, 2.05) is 12.1 Å². The van der Waals surface area contributed by atoms with Crippen LogP contribution in [0.1, 0.15) is 63.2 Å². The molecule has 0 amide bonds. The number of benzene rings is 5. The van der Waals surface area contributed by atoms with Crippen molar-refractivity contribution < 1.29 is 13.9 Å². The predicted molar refractivity (Wildman–Crippen MR) is 268 cm³/mol. The number of hydrogen-bond acceptors (Lipinski definition) is 6. The molecule has 1 saturated carbocycles. The molecule has 10 rings (SSSR count). The lowest BCUT2D eigenvalue weighted by molar-refractivity contribution is -0.0425. The van der Waals surface area contributed by atoms with Gasteiger partial charge in [-0.2, -0.15) is 0 Å². The van der Waals surface area contributed by atoms with E-state index in [1.54, 1.807) is 0 Å². The van der Waals surface area contributed by atoms with Crippen LogP contribution in [0.3, 0.4) is 0 Å². The van der Waals surface area contributed by atoms with Crippen LogP contribution in [0.2, 0.25) is 0 Å². The molecule has 342 valence electrons. The molecular weight excluding hydrogens is 845 g/mol. The molecule has 5 aromatic rings. The van der Waals surface area contributed by atoms with Crippen LogP contribution in [-0.4, -0.2) is 104 Å². The maximum atomic E-state index is 17.6. The first-order valence-electron chi connectivity index (χ1n) is 24.4. The Bertz CT molecular complexity index is 2320. The summed E-state index contributed by atoms with van der Waals surface area (Å²) in [6.07, 6.45) is 7.92. The van der Waals surface area contributed by atoms with E-state index < -0.39 is 14.9 Å². The third-order valence-corrected chi connectivity index (χ3v) is 21.9. The third kappa shape index (κ3) is 8.60. The molecule has 1 aliphatic carbocycles. The van der Waals surface area contributed by atoms with Crippen LogP contribution >= 0.6 is 14.9 Å². The summed E-state index contributed by atoms with van der Waals surface area (Å²) in [4.78, 5) is 7.77. The van der Waals surface area contributed by atoms with Gasteiger partial charge in [-0.05, 0) is 73.4 Å². The van der Waals surface area contributed by atoms with Crippen LogP contribution in [-0.2, 0) is 13.9 Å². The molecule has 0 radical (unpaired) electrons. The molecule has 4 aliphatic heterocycles. The summed E-state index contributed by atoms with van der Waals surface area (Å²) in [7, 11) is -6.88. The maximum absolute atomic E-state index is 17.6. The number of morpholine rings is 1. The summed E-state index contributed by atoms with van der Waals surface area (Å²) in [6.45, 7) is 9.53. The molecule has 4 heterocycles. The van der Waals surface area contributed by atoms with E-state index in [-0.39, 0.29) is 23.7 Å². The summed E-state index contributed by atoms with van der Waals surface area (Å²) in [6, 6.07) is 52.8. The number of piperazine rings is 1. The van der Waals surface area contributed by atoms with Gasteiger partial charge in [0.2, 0.25) is 0 Å². The summed E-state index contributed by atoms with van der Waals surface area (Å²) in [5.74, 6) is -0.633.